The predicted octanol–water partition coefficient (Wildman–Crippen LogP) is 2.83. The van der Waals surface area contributed by atoms with E-state index >= 15 is 0 Å². The van der Waals surface area contributed by atoms with Crippen molar-refractivity contribution in [2.45, 2.75) is 19.0 Å². The van der Waals surface area contributed by atoms with Crippen molar-refractivity contribution in [3.63, 3.8) is 0 Å². The van der Waals surface area contributed by atoms with Crippen LogP contribution < -0.4 is 10.1 Å². The highest BCUT2D eigenvalue weighted by Crippen LogP contribution is 2.18. The van der Waals surface area contributed by atoms with E-state index in [0.717, 1.165) is 11.1 Å². The second-order valence-corrected chi connectivity index (χ2v) is 7.36. The molecule has 0 saturated heterocycles. The summed E-state index contributed by atoms with van der Waals surface area (Å²) in [5, 5.41) is 2.63. The maximum Gasteiger partial charge on any atom is 0.329 e. The molecule has 0 bridgehead atoms. The summed E-state index contributed by atoms with van der Waals surface area (Å²) < 4.78 is 15.7. The first-order valence-corrected chi connectivity index (χ1v) is 10.4. The molecule has 2 aromatic carbocycles. The molecular formula is C25H26N2O6. The van der Waals surface area contributed by atoms with Gasteiger partial charge in [-0.3, -0.25) is 9.59 Å². The molecule has 8 heteroatoms. The first-order chi connectivity index (χ1) is 16.0. The van der Waals surface area contributed by atoms with Crippen LogP contribution in [0.3, 0.4) is 0 Å². The number of amides is 2. The van der Waals surface area contributed by atoms with Gasteiger partial charge in [-0.05, 0) is 23.8 Å². The Balaban J connectivity index is 1.61. The van der Waals surface area contributed by atoms with E-state index in [2.05, 4.69) is 5.32 Å². The van der Waals surface area contributed by atoms with E-state index in [1.807, 2.05) is 54.6 Å². The average molecular weight is 450 g/mol. The molecule has 0 fully saturated rings. The van der Waals surface area contributed by atoms with E-state index in [0.29, 0.717) is 12.3 Å². The molecule has 2 amide bonds. The van der Waals surface area contributed by atoms with E-state index < -0.39 is 24.5 Å². The van der Waals surface area contributed by atoms with Gasteiger partial charge < -0.3 is 24.1 Å². The maximum atomic E-state index is 12.8. The number of carbonyl (C=O) groups is 3. The predicted molar refractivity (Wildman–Crippen MR) is 121 cm³/mol. The molecule has 1 atom stereocenters. The highest BCUT2D eigenvalue weighted by Gasteiger charge is 2.25. The molecule has 0 aliphatic heterocycles. The maximum absolute atomic E-state index is 12.8. The van der Waals surface area contributed by atoms with Crippen LogP contribution in [0.4, 0.5) is 0 Å². The molecule has 3 aromatic rings. The lowest BCUT2D eigenvalue weighted by atomic mass is 10.1. The number of nitrogens with zero attached hydrogens (tertiary/aromatic N) is 1. The fourth-order valence-electron chi connectivity index (χ4n) is 3.20. The monoisotopic (exact) mass is 450 g/mol. The van der Waals surface area contributed by atoms with Crippen molar-refractivity contribution in [1.29, 1.82) is 0 Å². The van der Waals surface area contributed by atoms with Crippen molar-refractivity contribution >= 4 is 17.8 Å². The fourth-order valence-corrected chi connectivity index (χ4v) is 3.20. The van der Waals surface area contributed by atoms with Gasteiger partial charge in [0.25, 0.3) is 11.8 Å². The Bertz CT molecular complexity index is 1070. The van der Waals surface area contributed by atoms with Crippen LogP contribution in [-0.4, -0.2) is 49.5 Å². The van der Waals surface area contributed by atoms with Gasteiger partial charge in [0.2, 0.25) is 0 Å². The zero-order valence-corrected chi connectivity index (χ0v) is 18.5. The number of hydrogen-bond donors (Lipinski definition) is 1. The topological polar surface area (TPSA) is 98.1 Å². The smallest absolute Gasteiger partial charge is 0.329 e. The summed E-state index contributed by atoms with van der Waals surface area (Å²) in [5.41, 5.74) is 1.66. The van der Waals surface area contributed by atoms with Gasteiger partial charge in [0.15, 0.2) is 12.4 Å². The normalized spacial score (nSPS) is 11.3. The van der Waals surface area contributed by atoms with Crippen LogP contribution in [0.15, 0.2) is 77.4 Å². The van der Waals surface area contributed by atoms with Crippen molar-refractivity contribution in [2.24, 2.45) is 0 Å². The van der Waals surface area contributed by atoms with Crippen molar-refractivity contribution in [3.8, 4) is 5.75 Å². The first-order valence-electron chi connectivity index (χ1n) is 10.4. The minimum atomic E-state index is -0.989. The highest BCUT2D eigenvalue weighted by atomic mass is 16.5. The van der Waals surface area contributed by atoms with Gasteiger partial charge in [0.1, 0.15) is 11.8 Å². The Morgan fingerprint density at radius 1 is 1.00 bits per heavy atom. The lowest BCUT2D eigenvalue weighted by Gasteiger charge is -2.20. The van der Waals surface area contributed by atoms with Crippen molar-refractivity contribution in [3.05, 3.63) is 89.9 Å². The lowest BCUT2D eigenvalue weighted by molar-refractivity contribution is -0.153. The first kappa shape index (κ1) is 23.6. The number of benzene rings is 2. The number of hydrogen-bond acceptors (Lipinski definition) is 6. The standard InChI is InChI=1S/C25H26N2O6/c1-27(16-19-11-6-7-12-21(19)31-2)23(28)17-33-25(30)20(15-18-9-4-3-5-10-18)26-24(29)22-13-8-14-32-22/h3-14,20H,15-17H2,1-2H3,(H,26,29)/t20-/m0/s1. The van der Waals surface area contributed by atoms with E-state index in [4.69, 9.17) is 13.9 Å². The quantitative estimate of drug-likeness (QED) is 0.477. The van der Waals surface area contributed by atoms with Crippen molar-refractivity contribution < 1.29 is 28.3 Å². The van der Waals surface area contributed by atoms with E-state index in [9.17, 15) is 14.4 Å². The van der Waals surface area contributed by atoms with Crippen LogP contribution in [0.1, 0.15) is 21.7 Å². The summed E-state index contributed by atoms with van der Waals surface area (Å²) in [6, 6.07) is 18.7. The van der Waals surface area contributed by atoms with Crippen molar-refractivity contribution in [2.75, 3.05) is 20.8 Å². The molecule has 1 N–H and O–H groups in total. The number of furan rings is 1. The third-order valence-electron chi connectivity index (χ3n) is 4.98. The number of ether oxygens (including phenoxy) is 2. The number of para-hydroxylation sites is 1. The Hall–Kier alpha value is -4.07. The van der Waals surface area contributed by atoms with Crippen LogP contribution in [0.25, 0.3) is 0 Å². The fraction of sp³-hybridized carbons (Fsp3) is 0.240. The molecule has 0 spiro atoms. The van der Waals surface area contributed by atoms with Gasteiger partial charge in [-0.25, -0.2) is 4.79 Å². The Kier molecular flexibility index (Phi) is 8.24. The third-order valence-corrected chi connectivity index (χ3v) is 4.98. The van der Waals surface area contributed by atoms with Gasteiger partial charge in [-0.15, -0.1) is 0 Å². The van der Waals surface area contributed by atoms with Crippen molar-refractivity contribution in [1.82, 2.24) is 10.2 Å². The summed E-state index contributed by atoms with van der Waals surface area (Å²) >= 11 is 0. The number of likely N-dealkylation sites (N-methyl/N-ethyl adjacent to an activating group) is 1. The molecule has 3 rings (SSSR count). The Morgan fingerprint density at radius 2 is 1.73 bits per heavy atom. The second kappa shape index (κ2) is 11.5. The van der Waals surface area contributed by atoms with Crippen LogP contribution in [0, 0.1) is 0 Å². The second-order valence-electron chi connectivity index (χ2n) is 7.36. The van der Waals surface area contributed by atoms with Gasteiger partial charge in [-0.2, -0.15) is 0 Å². The minimum Gasteiger partial charge on any atom is -0.496 e. The van der Waals surface area contributed by atoms with Gasteiger partial charge in [0.05, 0.1) is 13.4 Å². The molecule has 8 nitrogen and oxygen atoms in total. The summed E-state index contributed by atoms with van der Waals surface area (Å²) in [6.07, 6.45) is 1.58. The molecule has 0 aliphatic carbocycles. The third kappa shape index (κ3) is 6.70. The molecule has 0 unspecified atom stereocenters. The summed E-state index contributed by atoms with van der Waals surface area (Å²) in [6.45, 7) is -0.157. The highest BCUT2D eigenvalue weighted by molar-refractivity contribution is 5.94. The lowest BCUT2D eigenvalue weighted by Crippen LogP contribution is -2.44. The summed E-state index contributed by atoms with van der Waals surface area (Å²) in [4.78, 5) is 39.2. The van der Waals surface area contributed by atoms with Gasteiger partial charge >= 0.3 is 5.97 Å². The zero-order chi connectivity index (χ0) is 23.6. The Labute approximate surface area is 192 Å². The van der Waals surface area contributed by atoms with E-state index in [-0.39, 0.29) is 18.1 Å². The molecule has 0 radical (unpaired) electrons. The van der Waals surface area contributed by atoms with Crippen LogP contribution >= 0.6 is 0 Å². The van der Waals surface area contributed by atoms with Gasteiger partial charge in [-0.1, -0.05) is 48.5 Å². The molecule has 33 heavy (non-hydrogen) atoms. The number of carbonyl (C=O) groups excluding carboxylic acids is 3. The largest absolute Gasteiger partial charge is 0.496 e. The number of methoxy groups -OCH3 is 1. The average Bonchev–Trinajstić information content (AvgIpc) is 3.38. The van der Waals surface area contributed by atoms with Crippen LogP contribution in [-0.2, 0) is 27.3 Å². The molecular weight excluding hydrogens is 424 g/mol. The molecule has 172 valence electrons. The van der Waals surface area contributed by atoms with Gasteiger partial charge in [0, 0.05) is 25.6 Å². The molecule has 0 saturated carbocycles. The van der Waals surface area contributed by atoms with E-state index in [1.54, 1.807) is 20.2 Å². The Morgan fingerprint density at radius 3 is 2.42 bits per heavy atom. The zero-order valence-electron chi connectivity index (χ0n) is 18.5. The molecule has 1 heterocycles. The van der Waals surface area contributed by atoms with Crippen LogP contribution in [0.5, 0.6) is 5.75 Å². The summed E-state index contributed by atoms with van der Waals surface area (Å²) in [7, 11) is 3.18. The minimum absolute atomic E-state index is 0.0773. The summed E-state index contributed by atoms with van der Waals surface area (Å²) in [5.74, 6) is -0.897. The number of esters is 1. The molecule has 0 aliphatic rings. The van der Waals surface area contributed by atoms with Crippen LogP contribution in [0.2, 0.25) is 0 Å². The number of rotatable bonds is 10. The van der Waals surface area contributed by atoms with E-state index in [1.165, 1.54) is 17.2 Å². The number of nitrogens with one attached hydrogen (secondary N) is 1. The molecule has 1 aromatic heterocycles. The SMILES string of the molecule is COc1ccccc1CN(C)C(=O)COC(=O)[C@H](Cc1ccccc1)NC(=O)c1ccco1.